The van der Waals surface area contributed by atoms with Crippen molar-refractivity contribution >= 4 is 21.7 Å². The van der Waals surface area contributed by atoms with E-state index in [2.05, 4.69) is 17.6 Å². The van der Waals surface area contributed by atoms with E-state index in [0.717, 1.165) is 43.5 Å². The molecule has 1 aliphatic carbocycles. The van der Waals surface area contributed by atoms with Gasteiger partial charge >= 0.3 is 0 Å². The summed E-state index contributed by atoms with van der Waals surface area (Å²) in [5, 5.41) is 6.47. The number of halogens is 1. The number of benzene rings is 3. The van der Waals surface area contributed by atoms with Gasteiger partial charge in [-0.3, -0.25) is 9.59 Å². The van der Waals surface area contributed by atoms with Gasteiger partial charge in [-0.25, -0.2) is 12.8 Å². The third kappa shape index (κ3) is 8.09. The number of carbonyl (C=O) groups excluding carboxylic acids is 2. The third-order valence-corrected chi connectivity index (χ3v) is 10.4. The standard InChI is InChI=1S/C34H40FN3O4S/c1-34(23-30(34)27-14-16-29(35)17-15-27)24-36-18-6-5-9-31(33(40)38-19-21-43(41,42)22-20-38)37-32(39)28-12-10-26(11-13-28)25-7-3-2-4-8-25/h2-4,7-8,10-17,30-31,36H,5-6,9,18-24H2,1H3,(H,37,39)/t30-,31-,34?/m0/s1. The van der Waals surface area contributed by atoms with Crippen molar-refractivity contribution in [2.75, 3.05) is 37.7 Å². The van der Waals surface area contributed by atoms with Gasteiger partial charge in [-0.15, -0.1) is 0 Å². The fraction of sp³-hybridized carbons (Fsp3) is 0.412. The van der Waals surface area contributed by atoms with Crippen LogP contribution in [0, 0.1) is 11.2 Å². The van der Waals surface area contributed by atoms with Crippen LogP contribution in [-0.4, -0.2) is 68.9 Å². The second-order valence-electron chi connectivity index (χ2n) is 12.1. The summed E-state index contributed by atoms with van der Waals surface area (Å²) in [5.74, 6) is -0.459. The van der Waals surface area contributed by atoms with Gasteiger partial charge in [0, 0.05) is 25.2 Å². The molecular weight excluding hydrogens is 565 g/mol. The second kappa shape index (κ2) is 13.4. The molecule has 3 aromatic carbocycles. The fourth-order valence-corrected chi connectivity index (χ4v) is 7.09. The molecule has 1 saturated heterocycles. The lowest BCUT2D eigenvalue weighted by Crippen LogP contribution is -2.52. The first-order valence-electron chi connectivity index (χ1n) is 15.1. The molecule has 0 bridgehead atoms. The first-order valence-corrected chi connectivity index (χ1v) is 16.9. The first kappa shape index (κ1) is 30.9. The summed E-state index contributed by atoms with van der Waals surface area (Å²) in [7, 11) is -3.13. The van der Waals surface area contributed by atoms with E-state index >= 15 is 0 Å². The van der Waals surface area contributed by atoms with Gasteiger partial charge in [-0.05, 0) is 84.5 Å². The van der Waals surface area contributed by atoms with E-state index in [-0.39, 0.29) is 47.6 Å². The molecule has 2 N–H and O–H groups in total. The molecule has 1 unspecified atom stereocenters. The number of hydrogen-bond donors (Lipinski definition) is 2. The summed E-state index contributed by atoms with van der Waals surface area (Å²) in [4.78, 5) is 28.2. The van der Waals surface area contributed by atoms with Crippen molar-refractivity contribution in [3.63, 3.8) is 0 Å². The summed E-state index contributed by atoms with van der Waals surface area (Å²) in [5.41, 5.74) is 3.83. The van der Waals surface area contributed by atoms with E-state index in [4.69, 9.17) is 0 Å². The molecule has 5 rings (SSSR count). The minimum atomic E-state index is -3.13. The lowest BCUT2D eigenvalue weighted by Gasteiger charge is -2.30. The molecule has 2 aliphatic rings. The highest BCUT2D eigenvalue weighted by atomic mass is 32.2. The van der Waals surface area contributed by atoms with Gasteiger partial charge in [0.2, 0.25) is 5.91 Å². The van der Waals surface area contributed by atoms with E-state index in [1.165, 1.54) is 17.7 Å². The highest BCUT2D eigenvalue weighted by molar-refractivity contribution is 7.91. The molecule has 9 heteroatoms. The van der Waals surface area contributed by atoms with Gasteiger partial charge in [0.1, 0.15) is 11.9 Å². The lowest BCUT2D eigenvalue weighted by molar-refractivity contribution is -0.133. The number of nitrogens with zero attached hydrogens (tertiary/aromatic N) is 1. The van der Waals surface area contributed by atoms with Gasteiger partial charge in [-0.1, -0.05) is 61.5 Å². The molecule has 0 radical (unpaired) electrons. The Morgan fingerprint density at radius 1 is 0.930 bits per heavy atom. The maximum Gasteiger partial charge on any atom is 0.251 e. The molecule has 1 aliphatic heterocycles. The summed E-state index contributed by atoms with van der Waals surface area (Å²) in [6.07, 6.45) is 3.08. The van der Waals surface area contributed by atoms with Crippen molar-refractivity contribution in [2.45, 2.75) is 44.6 Å². The van der Waals surface area contributed by atoms with Crippen molar-refractivity contribution < 1.29 is 22.4 Å². The highest BCUT2D eigenvalue weighted by Gasteiger charge is 2.50. The van der Waals surface area contributed by atoms with Crippen LogP contribution in [0.25, 0.3) is 11.1 Å². The van der Waals surface area contributed by atoms with Crippen LogP contribution < -0.4 is 10.6 Å². The molecule has 2 amide bonds. The zero-order valence-electron chi connectivity index (χ0n) is 24.6. The minimum Gasteiger partial charge on any atom is -0.340 e. The Hall–Kier alpha value is -3.56. The van der Waals surface area contributed by atoms with Crippen LogP contribution >= 0.6 is 0 Å². The zero-order valence-corrected chi connectivity index (χ0v) is 25.4. The predicted molar refractivity (Wildman–Crippen MR) is 167 cm³/mol. The second-order valence-corrected chi connectivity index (χ2v) is 14.4. The Balaban J connectivity index is 1.14. The average Bonchev–Trinajstić information content (AvgIpc) is 3.69. The van der Waals surface area contributed by atoms with Crippen LogP contribution in [0.5, 0.6) is 0 Å². The molecule has 228 valence electrons. The zero-order chi connectivity index (χ0) is 30.5. The quantitative estimate of drug-likeness (QED) is 0.289. The largest absolute Gasteiger partial charge is 0.340 e. The number of sulfone groups is 1. The Morgan fingerprint density at radius 3 is 2.26 bits per heavy atom. The van der Waals surface area contributed by atoms with E-state index in [0.29, 0.717) is 17.9 Å². The lowest BCUT2D eigenvalue weighted by atomic mass is 10.0. The Morgan fingerprint density at radius 2 is 1.58 bits per heavy atom. The Kier molecular flexibility index (Phi) is 9.62. The van der Waals surface area contributed by atoms with Gasteiger partial charge in [0.15, 0.2) is 9.84 Å². The summed E-state index contributed by atoms with van der Waals surface area (Å²) in [6, 6.07) is 23.2. The molecule has 3 aromatic rings. The molecule has 7 nitrogen and oxygen atoms in total. The SMILES string of the molecule is CC1(CNCCCC[C@H](NC(=O)c2ccc(-c3ccccc3)cc2)C(=O)N2CCS(=O)(=O)CC2)C[C@H]1c1ccc(F)cc1. The Bertz CT molecular complexity index is 1500. The minimum absolute atomic E-state index is 0.0536. The Labute approximate surface area is 253 Å². The van der Waals surface area contributed by atoms with Gasteiger partial charge < -0.3 is 15.5 Å². The molecule has 2 fully saturated rings. The topological polar surface area (TPSA) is 95.6 Å². The van der Waals surface area contributed by atoms with E-state index < -0.39 is 15.9 Å². The molecule has 1 saturated carbocycles. The summed E-state index contributed by atoms with van der Waals surface area (Å²) >= 11 is 0. The molecule has 0 spiro atoms. The van der Waals surface area contributed by atoms with Crippen LogP contribution in [0.1, 0.15) is 54.4 Å². The van der Waals surface area contributed by atoms with Crippen LogP contribution in [0.3, 0.4) is 0 Å². The number of hydrogen-bond acceptors (Lipinski definition) is 5. The van der Waals surface area contributed by atoms with Crippen molar-refractivity contribution in [3.8, 4) is 11.1 Å². The first-order chi connectivity index (χ1) is 20.6. The number of unbranched alkanes of at least 4 members (excludes halogenated alkanes) is 1. The van der Waals surface area contributed by atoms with Crippen molar-refractivity contribution in [1.82, 2.24) is 15.5 Å². The molecule has 43 heavy (non-hydrogen) atoms. The van der Waals surface area contributed by atoms with Crippen molar-refractivity contribution in [3.05, 3.63) is 95.8 Å². The monoisotopic (exact) mass is 605 g/mol. The molecule has 0 aromatic heterocycles. The molecular formula is C34H40FN3O4S. The average molecular weight is 606 g/mol. The summed E-state index contributed by atoms with van der Waals surface area (Å²) < 4.78 is 37.1. The van der Waals surface area contributed by atoms with Gasteiger partial charge in [0.25, 0.3) is 5.91 Å². The van der Waals surface area contributed by atoms with E-state index in [9.17, 15) is 22.4 Å². The van der Waals surface area contributed by atoms with E-state index in [1.54, 1.807) is 17.0 Å². The van der Waals surface area contributed by atoms with Crippen LogP contribution in [0.4, 0.5) is 4.39 Å². The molecule has 1 heterocycles. The molecule has 3 atom stereocenters. The summed E-state index contributed by atoms with van der Waals surface area (Å²) in [6.45, 7) is 4.17. The normalized spacial score (nSPS) is 21.6. The van der Waals surface area contributed by atoms with Crippen LogP contribution in [0.2, 0.25) is 0 Å². The van der Waals surface area contributed by atoms with Gasteiger partial charge in [-0.2, -0.15) is 0 Å². The number of carbonyl (C=O) groups is 2. The smallest absolute Gasteiger partial charge is 0.251 e. The number of nitrogens with one attached hydrogen (secondary N) is 2. The van der Waals surface area contributed by atoms with Gasteiger partial charge in [0.05, 0.1) is 11.5 Å². The number of amides is 2. The maximum atomic E-state index is 13.4. The maximum absolute atomic E-state index is 13.4. The number of rotatable bonds is 12. The van der Waals surface area contributed by atoms with Crippen molar-refractivity contribution in [2.24, 2.45) is 5.41 Å². The highest BCUT2D eigenvalue weighted by Crippen LogP contribution is 2.58. The van der Waals surface area contributed by atoms with Crippen molar-refractivity contribution in [1.29, 1.82) is 0 Å². The van der Waals surface area contributed by atoms with Crippen LogP contribution in [0.15, 0.2) is 78.9 Å². The van der Waals surface area contributed by atoms with E-state index in [1.807, 2.05) is 54.6 Å². The third-order valence-electron chi connectivity index (χ3n) is 8.76. The predicted octanol–water partition coefficient (Wildman–Crippen LogP) is 4.80. The fourth-order valence-electron chi connectivity index (χ4n) is 5.89. The van der Waals surface area contributed by atoms with Crippen LogP contribution in [-0.2, 0) is 14.6 Å².